The molecule has 1 N–H and O–H groups in total. The minimum absolute atomic E-state index is 0.0771. The van der Waals surface area contributed by atoms with Crippen LogP contribution in [0.4, 0.5) is 4.79 Å². The number of alkyl carbamates (subject to hydrolysis) is 1. The Balaban J connectivity index is 3.77. The van der Waals surface area contributed by atoms with Crippen LogP contribution in [-0.4, -0.2) is 38.7 Å². The first-order valence-electron chi connectivity index (χ1n) is 4.25. The molecule has 6 heteroatoms. The Kier molecular flexibility index (Phi) is 4.38. The fourth-order valence-electron chi connectivity index (χ4n) is 0.653. The van der Waals surface area contributed by atoms with Crippen LogP contribution in [0.15, 0.2) is 0 Å². The van der Waals surface area contributed by atoms with Crippen molar-refractivity contribution in [3.63, 3.8) is 0 Å². The molecule has 0 spiro atoms. The van der Waals surface area contributed by atoms with E-state index in [1.807, 2.05) is 0 Å². The molecular weight excluding hydrogens is 206 g/mol. The van der Waals surface area contributed by atoms with E-state index < -0.39 is 21.5 Å². The van der Waals surface area contributed by atoms with Crippen molar-refractivity contribution in [3.05, 3.63) is 0 Å². The van der Waals surface area contributed by atoms with Crippen LogP contribution in [0.1, 0.15) is 20.8 Å². The molecule has 0 bridgehead atoms. The molecule has 84 valence electrons. The highest BCUT2D eigenvalue weighted by Gasteiger charge is 2.15. The summed E-state index contributed by atoms with van der Waals surface area (Å²) >= 11 is 0. The van der Waals surface area contributed by atoms with Crippen molar-refractivity contribution in [1.82, 2.24) is 5.32 Å². The van der Waals surface area contributed by atoms with Gasteiger partial charge in [-0.25, -0.2) is 13.2 Å². The van der Waals surface area contributed by atoms with Crippen molar-refractivity contribution in [3.8, 4) is 0 Å². The normalized spacial score (nSPS) is 12.3. The summed E-state index contributed by atoms with van der Waals surface area (Å²) in [6.45, 7) is 5.29. The van der Waals surface area contributed by atoms with E-state index in [2.05, 4.69) is 5.32 Å². The van der Waals surface area contributed by atoms with Crippen molar-refractivity contribution >= 4 is 15.9 Å². The lowest BCUT2D eigenvalue weighted by atomic mass is 10.2. The van der Waals surface area contributed by atoms with E-state index in [-0.39, 0.29) is 12.3 Å². The molecule has 0 aromatic heterocycles. The monoisotopic (exact) mass is 223 g/mol. The van der Waals surface area contributed by atoms with Crippen molar-refractivity contribution in [2.75, 3.05) is 18.6 Å². The van der Waals surface area contributed by atoms with Crippen LogP contribution in [0, 0.1) is 0 Å². The van der Waals surface area contributed by atoms with Gasteiger partial charge in [-0.2, -0.15) is 0 Å². The molecule has 0 atom stereocenters. The van der Waals surface area contributed by atoms with Gasteiger partial charge in [0.1, 0.15) is 15.4 Å². The third-order valence-corrected chi connectivity index (χ3v) is 2.09. The highest BCUT2D eigenvalue weighted by Crippen LogP contribution is 2.05. The second-order valence-corrected chi connectivity index (χ2v) is 6.32. The Bertz CT molecular complexity index is 289. The molecule has 0 rings (SSSR count). The lowest BCUT2D eigenvalue weighted by Gasteiger charge is -2.19. The zero-order chi connectivity index (χ0) is 11.4. The van der Waals surface area contributed by atoms with Gasteiger partial charge in [0.05, 0.1) is 5.75 Å². The third kappa shape index (κ3) is 9.31. The van der Waals surface area contributed by atoms with E-state index in [1.54, 1.807) is 20.8 Å². The number of carbonyl (C=O) groups is 1. The van der Waals surface area contributed by atoms with E-state index in [4.69, 9.17) is 4.74 Å². The van der Waals surface area contributed by atoms with E-state index in [9.17, 15) is 13.2 Å². The molecule has 14 heavy (non-hydrogen) atoms. The Morgan fingerprint density at radius 1 is 1.36 bits per heavy atom. The van der Waals surface area contributed by atoms with Crippen molar-refractivity contribution in [1.29, 1.82) is 0 Å². The summed E-state index contributed by atoms with van der Waals surface area (Å²) in [6.07, 6.45) is 0.519. The predicted octanol–water partition coefficient (Wildman–Crippen LogP) is 0.556. The van der Waals surface area contributed by atoms with E-state index in [0.29, 0.717) is 0 Å². The molecule has 0 aliphatic rings. The topological polar surface area (TPSA) is 72.5 Å². The third-order valence-electron chi connectivity index (χ3n) is 1.14. The van der Waals surface area contributed by atoms with Gasteiger partial charge in [-0.3, -0.25) is 0 Å². The highest BCUT2D eigenvalue weighted by atomic mass is 32.2. The average Bonchev–Trinajstić information content (AvgIpc) is 1.78. The molecule has 5 nitrogen and oxygen atoms in total. The predicted molar refractivity (Wildman–Crippen MR) is 53.9 cm³/mol. The molecule has 0 saturated carbocycles. The Morgan fingerprint density at radius 3 is 2.21 bits per heavy atom. The SMILES string of the molecule is CC(C)(C)OC(=O)NCCS(C)(=O)=O. The van der Waals surface area contributed by atoms with Crippen LogP contribution >= 0.6 is 0 Å². The lowest BCUT2D eigenvalue weighted by molar-refractivity contribution is 0.0531. The molecule has 0 unspecified atom stereocenters. The highest BCUT2D eigenvalue weighted by molar-refractivity contribution is 7.90. The number of amides is 1. The molecule has 0 heterocycles. The van der Waals surface area contributed by atoms with Gasteiger partial charge >= 0.3 is 6.09 Å². The number of nitrogens with one attached hydrogen (secondary N) is 1. The van der Waals surface area contributed by atoms with Crippen LogP contribution < -0.4 is 5.32 Å². The summed E-state index contributed by atoms with van der Waals surface area (Å²) in [5.74, 6) is -0.0771. The number of hydrogen-bond donors (Lipinski definition) is 1. The van der Waals surface area contributed by atoms with Gasteiger partial charge in [0.2, 0.25) is 0 Å². The molecule has 1 amide bonds. The maximum absolute atomic E-state index is 11.0. The first kappa shape index (κ1) is 13.2. The van der Waals surface area contributed by atoms with Crippen molar-refractivity contribution in [2.24, 2.45) is 0 Å². The molecule has 0 fully saturated rings. The maximum atomic E-state index is 11.0. The van der Waals surface area contributed by atoms with Crippen molar-refractivity contribution in [2.45, 2.75) is 26.4 Å². The zero-order valence-electron chi connectivity index (χ0n) is 8.96. The molecule has 0 saturated heterocycles. The first-order chi connectivity index (χ1) is 6.10. The Hall–Kier alpha value is -0.780. The number of sulfone groups is 1. The second-order valence-electron chi connectivity index (χ2n) is 4.06. The molecule has 0 aliphatic heterocycles. The van der Waals surface area contributed by atoms with Crippen LogP contribution in [0.5, 0.6) is 0 Å². The van der Waals surface area contributed by atoms with Gasteiger partial charge < -0.3 is 10.1 Å². The van der Waals surface area contributed by atoms with Crippen LogP contribution in [0.2, 0.25) is 0 Å². The van der Waals surface area contributed by atoms with Crippen LogP contribution in [0.3, 0.4) is 0 Å². The fraction of sp³-hybridized carbons (Fsp3) is 0.875. The van der Waals surface area contributed by atoms with Crippen LogP contribution in [0.25, 0.3) is 0 Å². The molecule has 0 aliphatic carbocycles. The largest absolute Gasteiger partial charge is 0.444 e. The standard InChI is InChI=1S/C8H17NO4S/c1-8(2,3)13-7(10)9-5-6-14(4,11)12/h5-6H2,1-4H3,(H,9,10). The molecule has 0 radical (unpaired) electrons. The second kappa shape index (κ2) is 4.63. The smallest absolute Gasteiger partial charge is 0.407 e. The summed E-state index contributed by atoms with van der Waals surface area (Å²) in [4.78, 5) is 11.0. The van der Waals surface area contributed by atoms with Gasteiger partial charge in [0.15, 0.2) is 0 Å². The van der Waals surface area contributed by atoms with Gasteiger partial charge in [-0.1, -0.05) is 0 Å². The average molecular weight is 223 g/mol. The van der Waals surface area contributed by atoms with E-state index >= 15 is 0 Å². The van der Waals surface area contributed by atoms with Crippen LogP contribution in [-0.2, 0) is 14.6 Å². The van der Waals surface area contributed by atoms with Gasteiger partial charge in [-0.15, -0.1) is 0 Å². The number of ether oxygens (including phenoxy) is 1. The minimum Gasteiger partial charge on any atom is -0.444 e. The number of rotatable bonds is 3. The summed E-state index contributed by atoms with van der Waals surface area (Å²) in [6, 6.07) is 0. The lowest BCUT2D eigenvalue weighted by Crippen LogP contribution is -2.34. The number of hydrogen-bond acceptors (Lipinski definition) is 4. The van der Waals surface area contributed by atoms with Gasteiger partial charge in [0.25, 0.3) is 0 Å². The Labute approximate surface area is 84.7 Å². The summed E-state index contributed by atoms with van der Waals surface area (Å²) in [5, 5.41) is 2.36. The van der Waals surface area contributed by atoms with Crippen molar-refractivity contribution < 1.29 is 17.9 Å². The van der Waals surface area contributed by atoms with E-state index in [1.165, 1.54) is 0 Å². The molecule has 0 aromatic carbocycles. The molecular formula is C8H17NO4S. The van der Waals surface area contributed by atoms with E-state index in [0.717, 1.165) is 6.26 Å². The van der Waals surface area contributed by atoms with Gasteiger partial charge in [-0.05, 0) is 20.8 Å². The number of carbonyl (C=O) groups excluding carboxylic acids is 1. The molecule has 0 aromatic rings. The first-order valence-corrected chi connectivity index (χ1v) is 6.31. The minimum atomic E-state index is -3.03. The maximum Gasteiger partial charge on any atom is 0.407 e. The summed E-state index contributed by atoms with van der Waals surface area (Å²) < 4.78 is 26.3. The zero-order valence-corrected chi connectivity index (χ0v) is 9.77. The van der Waals surface area contributed by atoms with Gasteiger partial charge in [0, 0.05) is 12.8 Å². The Morgan fingerprint density at radius 2 is 1.86 bits per heavy atom. The summed E-state index contributed by atoms with van der Waals surface area (Å²) in [5.41, 5.74) is -0.560. The fourth-order valence-corrected chi connectivity index (χ4v) is 1.13. The quantitative estimate of drug-likeness (QED) is 0.758. The summed E-state index contributed by atoms with van der Waals surface area (Å²) in [7, 11) is -3.03.